The fourth-order valence-electron chi connectivity index (χ4n) is 4.27. The molecule has 6 heteroatoms. The van der Waals surface area contributed by atoms with Gasteiger partial charge in [0.15, 0.2) is 0 Å². The van der Waals surface area contributed by atoms with E-state index in [0.29, 0.717) is 5.57 Å². The van der Waals surface area contributed by atoms with E-state index >= 15 is 0 Å². The molecule has 0 aliphatic heterocycles. The molecule has 0 radical (unpaired) electrons. The van der Waals surface area contributed by atoms with Gasteiger partial charge in [0.25, 0.3) is 0 Å². The number of aliphatic hydroxyl groups is 1. The quantitative estimate of drug-likeness (QED) is 0.105. The van der Waals surface area contributed by atoms with Crippen LogP contribution in [0.25, 0.3) is 0 Å². The van der Waals surface area contributed by atoms with E-state index in [2.05, 4.69) is 27.4 Å². The fourth-order valence-corrected chi connectivity index (χ4v) is 20.2. The summed E-state index contributed by atoms with van der Waals surface area (Å²) in [7, 11) is 2.63. The van der Waals surface area contributed by atoms with Gasteiger partial charge in [-0.3, -0.25) is 0 Å². The minimum absolute atomic E-state index is 0.119. The van der Waals surface area contributed by atoms with Gasteiger partial charge in [-0.05, 0) is 0 Å². The van der Waals surface area contributed by atoms with Crippen LogP contribution in [0, 0.1) is 5.41 Å². The van der Waals surface area contributed by atoms with Gasteiger partial charge in [-0.1, -0.05) is 0 Å². The number of hydrogen-bond donors (Lipinski definition) is 1. The van der Waals surface area contributed by atoms with E-state index in [-0.39, 0.29) is 19.4 Å². The molecule has 0 aromatic rings. The van der Waals surface area contributed by atoms with Gasteiger partial charge in [-0.2, -0.15) is 0 Å². The van der Waals surface area contributed by atoms with Crippen LogP contribution in [-0.4, -0.2) is 56.2 Å². The Bertz CT molecular complexity index is 559. The maximum absolute atomic E-state index is 13.0. The molecule has 0 heterocycles. The van der Waals surface area contributed by atoms with Crippen LogP contribution in [0.15, 0.2) is 21.8 Å². The Morgan fingerprint density at radius 3 is 1.68 bits per heavy atom. The van der Waals surface area contributed by atoms with Gasteiger partial charge in [0.1, 0.15) is 0 Å². The van der Waals surface area contributed by atoms with E-state index in [1.165, 1.54) is 46.8 Å². The summed E-state index contributed by atoms with van der Waals surface area (Å²) in [6, 6.07) is 0. The first-order valence-corrected chi connectivity index (χ1v) is 19.3. The molecule has 1 N–H and O–H groups in total. The first-order valence-electron chi connectivity index (χ1n) is 11.8. The number of carbonyl (C=O) groups excluding carboxylic acids is 2. The third-order valence-corrected chi connectivity index (χ3v) is 22.5. The van der Waals surface area contributed by atoms with Crippen molar-refractivity contribution in [1.29, 1.82) is 0 Å². The number of ether oxygens (including phenoxy) is 2. The van der Waals surface area contributed by atoms with Crippen molar-refractivity contribution in [2.24, 2.45) is 5.41 Å². The number of allylic oxidation sites excluding steroid dienone is 2. The zero-order valence-corrected chi connectivity index (χ0v) is 23.7. The molecule has 0 spiro atoms. The number of aliphatic hydroxyl groups excluding tert-OH is 1. The molecule has 0 saturated carbocycles. The molecule has 0 atom stereocenters. The van der Waals surface area contributed by atoms with Gasteiger partial charge in [-0.15, -0.1) is 0 Å². The van der Waals surface area contributed by atoms with E-state index in [1.807, 2.05) is 0 Å². The summed E-state index contributed by atoms with van der Waals surface area (Å²) in [6.07, 6.45) is 9.14. The Hall–Kier alpha value is -0.821. The summed E-state index contributed by atoms with van der Waals surface area (Å²) >= 11 is -2.87. The van der Waals surface area contributed by atoms with Crippen LogP contribution in [0.2, 0.25) is 13.3 Å². The molecule has 0 aromatic carbocycles. The van der Waals surface area contributed by atoms with Crippen molar-refractivity contribution >= 4 is 30.3 Å². The van der Waals surface area contributed by atoms with E-state index < -0.39 is 35.7 Å². The van der Waals surface area contributed by atoms with Crippen LogP contribution in [0.5, 0.6) is 0 Å². The van der Waals surface area contributed by atoms with Crippen LogP contribution in [0.3, 0.4) is 0 Å². The Labute approximate surface area is 194 Å². The number of unbranched alkanes of at least 4 members (excludes halogenated alkanes) is 3. The van der Waals surface area contributed by atoms with Gasteiger partial charge in [0, 0.05) is 0 Å². The number of esters is 2. The van der Waals surface area contributed by atoms with E-state index in [0.717, 1.165) is 22.9 Å². The summed E-state index contributed by atoms with van der Waals surface area (Å²) in [6.45, 7) is 12.9. The number of hydrogen-bond acceptors (Lipinski definition) is 5. The third-order valence-electron chi connectivity index (χ3n) is 6.49. The third kappa shape index (κ3) is 8.91. The Morgan fingerprint density at radius 1 is 0.935 bits per heavy atom. The van der Waals surface area contributed by atoms with E-state index in [4.69, 9.17) is 9.47 Å². The van der Waals surface area contributed by atoms with Crippen molar-refractivity contribution < 1.29 is 24.2 Å². The summed E-state index contributed by atoms with van der Waals surface area (Å²) in [4.78, 5) is 26.0. The summed E-state index contributed by atoms with van der Waals surface area (Å²) in [5.74, 6) is -1.16. The van der Waals surface area contributed by atoms with Crippen molar-refractivity contribution in [1.82, 2.24) is 0 Å². The molecule has 0 aliphatic carbocycles. The van der Waals surface area contributed by atoms with Crippen molar-refractivity contribution in [3.63, 3.8) is 0 Å². The monoisotopic (exact) mass is 546 g/mol. The second-order valence-electron chi connectivity index (χ2n) is 8.85. The zero-order valence-electron chi connectivity index (χ0n) is 20.8. The van der Waals surface area contributed by atoms with Crippen LogP contribution < -0.4 is 0 Å². The first kappa shape index (κ1) is 30.2. The van der Waals surface area contributed by atoms with Gasteiger partial charge >= 0.3 is 195 Å². The van der Waals surface area contributed by atoms with Crippen LogP contribution >= 0.6 is 0 Å². The molecular weight excluding hydrogens is 499 g/mol. The molecule has 0 saturated heterocycles. The van der Waals surface area contributed by atoms with Crippen LogP contribution in [-0.2, 0) is 19.1 Å². The second kappa shape index (κ2) is 15.9. The molecular formula is C25H46O5Sn. The molecule has 0 unspecified atom stereocenters. The van der Waals surface area contributed by atoms with Gasteiger partial charge in [-0.25, -0.2) is 0 Å². The molecule has 0 fully saturated rings. The van der Waals surface area contributed by atoms with Crippen molar-refractivity contribution in [2.45, 2.75) is 92.4 Å². The zero-order chi connectivity index (χ0) is 23.9. The first-order chi connectivity index (χ1) is 14.7. The SMILES string of the molecule is C=[C](CC(C/C=C(/C)CO)(C(=O)OC)C(=O)OC)[Sn]([CH2]CCC)([CH2]CCC)[CH2]CCC. The topological polar surface area (TPSA) is 72.8 Å². The van der Waals surface area contributed by atoms with Crippen LogP contribution in [0.1, 0.15) is 79.1 Å². The summed E-state index contributed by atoms with van der Waals surface area (Å²) in [5, 5.41) is 9.42. The van der Waals surface area contributed by atoms with Gasteiger partial charge in [0.2, 0.25) is 0 Å². The predicted octanol–water partition coefficient (Wildman–Crippen LogP) is 5.98. The van der Waals surface area contributed by atoms with E-state index in [9.17, 15) is 14.7 Å². The van der Waals surface area contributed by atoms with Crippen molar-refractivity contribution in [3.8, 4) is 0 Å². The Kier molecular flexibility index (Phi) is 15.5. The molecule has 0 aromatic heterocycles. The summed E-state index contributed by atoms with van der Waals surface area (Å²) in [5.41, 5.74) is -0.732. The predicted molar refractivity (Wildman–Crippen MR) is 131 cm³/mol. The normalized spacial score (nSPS) is 12.5. The summed E-state index contributed by atoms with van der Waals surface area (Å²) < 4.78 is 15.0. The van der Waals surface area contributed by atoms with Gasteiger partial charge < -0.3 is 0 Å². The molecule has 0 bridgehead atoms. The van der Waals surface area contributed by atoms with E-state index in [1.54, 1.807) is 13.0 Å². The maximum atomic E-state index is 13.0. The average Bonchev–Trinajstić information content (AvgIpc) is 2.79. The Balaban J connectivity index is 6.33. The number of carbonyl (C=O) groups is 2. The second-order valence-corrected chi connectivity index (χ2v) is 22.5. The number of methoxy groups -OCH3 is 2. The minimum atomic E-state index is -2.87. The molecule has 5 nitrogen and oxygen atoms in total. The molecule has 180 valence electrons. The van der Waals surface area contributed by atoms with Crippen molar-refractivity contribution in [2.75, 3.05) is 20.8 Å². The molecule has 0 aliphatic rings. The average molecular weight is 545 g/mol. The Morgan fingerprint density at radius 2 is 1.35 bits per heavy atom. The number of rotatable bonds is 17. The standard InChI is InChI=1S/C13H19O5.3C4H9.Sn/c1-5-7-13(11(15)17-3,12(16)18-4)8-6-10(2)9-14;3*1-3-4-2;/h6,14H,1,7-9H2,2-4H3;3*1,3-4H2,2H3;/b10-6-;;;;. The van der Waals surface area contributed by atoms with Crippen molar-refractivity contribution in [3.05, 3.63) is 21.8 Å². The van der Waals surface area contributed by atoms with Crippen LogP contribution in [0.4, 0.5) is 0 Å². The molecule has 31 heavy (non-hydrogen) atoms. The molecule has 0 amide bonds. The fraction of sp³-hybridized carbons (Fsp3) is 0.760. The van der Waals surface area contributed by atoms with Gasteiger partial charge in [0.05, 0.1) is 0 Å². The molecule has 0 rings (SSSR count).